The molecule has 0 atom stereocenters. The van der Waals surface area contributed by atoms with Gasteiger partial charge in [0.2, 0.25) is 0 Å². The van der Waals surface area contributed by atoms with Crippen LogP contribution in [0.1, 0.15) is 19.4 Å². The van der Waals surface area contributed by atoms with Gasteiger partial charge in [-0.15, -0.1) is 0 Å². The minimum atomic E-state index is -0.723. The van der Waals surface area contributed by atoms with Gasteiger partial charge in [-0.25, -0.2) is 0 Å². The summed E-state index contributed by atoms with van der Waals surface area (Å²) in [6.45, 7) is 3.84. The van der Waals surface area contributed by atoms with Crippen LogP contribution in [0.25, 0.3) is 0 Å². The maximum Gasteiger partial charge on any atom is 0.178 e. The number of nitrogens with zero attached hydrogens (tertiary/aromatic N) is 1. The van der Waals surface area contributed by atoms with Crippen LogP contribution in [0.5, 0.6) is 0 Å². The Hall–Kier alpha value is -2.00. The Labute approximate surface area is 112 Å². The summed E-state index contributed by atoms with van der Waals surface area (Å²) in [6, 6.07) is 9.91. The molecular formula is C16H15NO2. The van der Waals surface area contributed by atoms with Gasteiger partial charge >= 0.3 is 0 Å². The fraction of sp³-hybridized carbons (Fsp3) is 0.250. The van der Waals surface area contributed by atoms with Crippen molar-refractivity contribution in [1.29, 1.82) is 0 Å². The van der Waals surface area contributed by atoms with Gasteiger partial charge in [0.1, 0.15) is 0 Å². The van der Waals surface area contributed by atoms with Crippen molar-refractivity contribution in [2.75, 3.05) is 0 Å². The summed E-state index contributed by atoms with van der Waals surface area (Å²) in [5, 5.41) is 0. The average Bonchev–Trinajstić information content (AvgIpc) is 2.66. The van der Waals surface area contributed by atoms with E-state index in [0.29, 0.717) is 0 Å². The highest BCUT2D eigenvalue weighted by atomic mass is 16.5. The van der Waals surface area contributed by atoms with Crippen molar-refractivity contribution >= 4 is 11.5 Å². The van der Waals surface area contributed by atoms with E-state index in [-0.39, 0.29) is 5.78 Å². The molecule has 1 aromatic rings. The van der Waals surface area contributed by atoms with Crippen LogP contribution >= 0.6 is 0 Å². The fourth-order valence-corrected chi connectivity index (χ4v) is 2.48. The smallest absolute Gasteiger partial charge is 0.178 e. The van der Waals surface area contributed by atoms with Crippen molar-refractivity contribution in [2.45, 2.75) is 25.2 Å². The van der Waals surface area contributed by atoms with Gasteiger partial charge in [-0.1, -0.05) is 30.3 Å². The number of rotatable bonds is 1. The summed E-state index contributed by atoms with van der Waals surface area (Å²) in [5.41, 5.74) is 0.536. The Morgan fingerprint density at radius 1 is 1.05 bits per heavy atom. The molecule has 1 aromatic carbocycles. The predicted molar refractivity (Wildman–Crippen MR) is 74.2 cm³/mol. The van der Waals surface area contributed by atoms with Crippen molar-refractivity contribution < 1.29 is 9.53 Å². The molecule has 0 saturated heterocycles. The van der Waals surface area contributed by atoms with E-state index in [1.54, 1.807) is 24.3 Å². The number of ketones is 1. The van der Waals surface area contributed by atoms with Crippen molar-refractivity contribution in [2.24, 2.45) is 4.99 Å². The summed E-state index contributed by atoms with van der Waals surface area (Å²) >= 11 is 0. The normalized spacial score (nSPS) is 22.8. The number of hydrogen-bond acceptors (Lipinski definition) is 3. The standard InChI is InChI=1S/C16H15NO2/c1-15(2)17-14(12-6-4-3-5-7-12)16(19-15)10-8-13(18)9-11-16/h3-11H,1-2H3. The van der Waals surface area contributed by atoms with Crippen molar-refractivity contribution in [1.82, 2.24) is 0 Å². The number of carbonyl (C=O) groups excluding carboxylic acids is 1. The molecule has 0 N–H and O–H groups in total. The zero-order valence-corrected chi connectivity index (χ0v) is 11.0. The van der Waals surface area contributed by atoms with Crippen LogP contribution in [-0.2, 0) is 9.53 Å². The molecule has 19 heavy (non-hydrogen) atoms. The molecule has 3 rings (SSSR count). The second-order valence-electron chi connectivity index (χ2n) is 5.24. The SMILES string of the molecule is CC1(C)N=C(c2ccccc2)C2(C=CC(=O)C=C2)O1. The van der Waals surface area contributed by atoms with Crippen LogP contribution in [0.15, 0.2) is 59.6 Å². The average molecular weight is 253 g/mol. The van der Waals surface area contributed by atoms with Crippen molar-refractivity contribution in [3.8, 4) is 0 Å². The molecule has 0 unspecified atom stereocenters. The van der Waals surface area contributed by atoms with E-state index < -0.39 is 11.3 Å². The zero-order chi connectivity index (χ0) is 13.5. The number of aliphatic imine (C=N–C) groups is 1. The van der Waals surface area contributed by atoms with Crippen LogP contribution in [0.3, 0.4) is 0 Å². The molecule has 0 amide bonds. The Morgan fingerprint density at radius 3 is 2.32 bits per heavy atom. The topological polar surface area (TPSA) is 38.7 Å². The molecule has 96 valence electrons. The maximum absolute atomic E-state index is 11.3. The maximum atomic E-state index is 11.3. The molecule has 0 fully saturated rings. The van der Waals surface area contributed by atoms with Gasteiger partial charge < -0.3 is 4.74 Å². The Bertz CT molecular complexity index is 593. The quantitative estimate of drug-likeness (QED) is 0.771. The van der Waals surface area contributed by atoms with Gasteiger partial charge in [0, 0.05) is 0 Å². The Morgan fingerprint density at radius 2 is 1.68 bits per heavy atom. The summed E-state index contributed by atoms with van der Waals surface area (Å²) in [5.74, 6) is -0.0219. The molecule has 3 nitrogen and oxygen atoms in total. The first-order chi connectivity index (χ1) is 9.01. The molecule has 0 aromatic heterocycles. The van der Waals surface area contributed by atoms with E-state index in [1.807, 2.05) is 44.2 Å². The minimum Gasteiger partial charge on any atom is -0.333 e. The van der Waals surface area contributed by atoms with Crippen LogP contribution in [0, 0.1) is 0 Å². The van der Waals surface area contributed by atoms with Crippen LogP contribution in [0.4, 0.5) is 0 Å². The Kier molecular flexibility index (Phi) is 2.54. The van der Waals surface area contributed by atoms with Crippen LogP contribution < -0.4 is 0 Å². The van der Waals surface area contributed by atoms with E-state index in [1.165, 1.54) is 0 Å². The number of carbonyl (C=O) groups is 1. The lowest BCUT2D eigenvalue weighted by Crippen LogP contribution is -2.38. The minimum absolute atomic E-state index is 0.0219. The second-order valence-corrected chi connectivity index (χ2v) is 5.24. The van der Waals surface area contributed by atoms with Gasteiger partial charge in [-0.3, -0.25) is 9.79 Å². The third-order valence-electron chi connectivity index (χ3n) is 3.21. The number of benzene rings is 1. The lowest BCUT2D eigenvalue weighted by Gasteiger charge is -2.28. The molecule has 3 heteroatoms. The van der Waals surface area contributed by atoms with Gasteiger partial charge in [0.05, 0.1) is 5.71 Å². The molecule has 1 heterocycles. The number of allylic oxidation sites excluding steroid dienone is 2. The van der Waals surface area contributed by atoms with Crippen LogP contribution in [-0.4, -0.2) is 22.8 Å². The highest BCUT2D eigenvalue weighted by Gasteiger charge is 2.45. The second kappa shape index (κ2) is 4.00. The molecule has 0 bridgehead atoms. The highest BCUT2D eigenvalue weighted by Crippen LogP contribution is 2.37. The van der Waals surface area contributed by atoms with E-state index in [2.05, 4.69) is 4.99 Å². The van der Waals surface area contributed by atoms with Gasteiger partial charge in [0.15, 0.2) is 17.1 Å². The fourth-order valence-electron chi connectivity index (χ4n) is 2.48. The van der Waals surface area contributed by atoms with Gasteiger partial charge in [-0.2, -0.15) is 0 Å². The molecule has 0 radical (unpaired) electrons. The first kappa shape index (κ1) is 12.1. The summed E-state index contributed by atoms with van der Waals surface area (Å²) in [6.07, 6.45) is 6.66. The lowest BCUT2D eigenvalue weighted by molar-refractivity contribution is -0.111. The monoisotopic (exact) mass is 253 g/mol. The number of ether oxygens (including phenoxy) is 1. The largest absolute Gasteiger partial charge is 0.333 e. The van der Waals surface area contributed by atoms with E-state index in [9.17, 15) is 4.79 Å². The molecular weight excluding hydrogens is 238 g/mol. The molecule has 0 saturated carbocycles. The summed E-state index contributed by atoms with van der Waals surface area (Å²) in [7, 11) is 0. The first-order valence-electron chi connectivity index (χ1n) is 6.29. The van der Waals surface area contributed by atoms with E-state index >= 15 is 0 Å². The number of hydrogen-bond donors (Lipinski definition) is 0. The van der Waals surface area contributed by atoms with Crippen LogP contribution in [0.2, 0.25) is 0 Å². The van der Waals surface area contributed by atoms with E-state index in [0.717, 1.165) is 11.3 Å². The first-order valence-corrected chi connectivity index (χ1v) is 6.29. The molecule has 1 spiro atoms. The zero-order valence-electron chi connectivity index (χ0n) is 11.0. The van der Waals surface area contributed by atoms with Crippen molar-refractivity contribution in [3.63, 3.8) is 0 Å². The highest BCUT2D eigenvalue weighted by molar-refractivity contribution is 6.13. The predicted octanol–water partition coefficient (Wildman–Crippen LogP) is 2.68. The van der Waals surface area contributed by atoms with Crippen molar-refractivity contribution in [3.05, 3.63) is 60.2 Å². The molecule has 2 aliphatic rings. The summed E-state index contributed by atoms with van der Waals surface area (Å²) in [4.78, 5) is 16.0. The Balaban J connectivity index is 2.12. The lowest BCUT2D eigenvalue weighted by atomic mass is 9.88. The third-order valence-corrected chi connectivity index (χ3v) is 3.21. The third kappa shape index (κ3) is 2.06. The van der Waals surface area contributed by atoms with E-state index in [4.69, 9.17) is 4.74 Å². The molecule has 1 aliphatic heterocycles. The molecule has 1 aliphatic carbocycles. The summed E-state index contributed by atoms with van der Waals surface area (Å²) < 4.78 is 6.06. The van der Waals surface area contributed by atoms with Gasteiger partial charge in [0.25, 0.3) is 0 Å². The van der Waals surface area contributed by atoms with Gasteiger partial charge in [-0.05, 0) is 43.7 Å².